The van der Waals surface area contributed by atoms with Gasteiger partial charge in [0, 0.05) is 18.7 Å². The molecule has 0 spiro atoms. The van der Waals surface area contributed by atoms with Gasteiger partial charge in [-0.2, -0.15) is 10.6 Å². The zero-order valence-corrected chi connectivity index (χ0v) is 20.8. The molecule has 2 aliphatic rings. The van der Waals surface area contributed by atoms with Gasteiger partial charge in [-0.25, -0.2) is 0 Å². The van der Waals surface area contributed by atoms with Crippen LogP contribution in [0.5, 0.6) is 11.5 Å². The molecular formula is C26H35NO5S. The number of unbranched alkanes of at least 4 members (excludes halogenated alkanes) is 2. The van der Waals surface area contributed by atoms with Crippen LogP contribution in [0.25, 0.3) is 11.1 Å². The molecule has 2 aromatic rings. The molecule has 33 heavy (non-hydrogen) atoms. The first-order chi connectivity index (χ1) is 15.5. The van der Waals surface area contributed by atoms with E-state index in [-0.39, 0.29) is 36.3 Å². The van der Waals surface area contributed by atoms with E-state index >= 15 is 0 Å². The monoisotopic (exact) mass is 473 g/mol. The molecule has 0 bridgehead atoms. The van der Waals surface area contributed by atoms with Gasteiger partial charge < -0.3 is 14.7 Å². The van der Waals surface area contributed by atoms with Gasteiger partial charge in [-0.05, 0) is 50.8 Å². The number of carbonyl (C=O) groups excluding carboxylic acids is 1. The second-order valence-corrected chi connectivity index (χ2v) is 12.2. The molecule has 3 N–H and O–H groups in total. The molecule has 0 aromatic heterocycles. The van der Waals surface area contributed by atoms with Crippen LogP contribution >= 0.6 is 10.6 Å². The Morgan fingerprint density at radius 3 is 2.52 bits per heavy atom. The first kappa shape index (κ1) is 23.9. The third kappa shape index (κ3) is 4.59. The van der Waals surface area contributed by atoms with Crippen LogP contribution in [0.3, 0.4) is 0 Å². The van der Waals surface area contributed by atoms with Gasteiger partial charge in [0.15, 0.2) is 0 Å². The number of ether oxygens (including phenoxy) is 1. The molecule has 1 fully saturated rings. The van der Waals surface area contributed by atoms with Gasteiger partial charge in [-0.3, -0.25) is 13.9 Å². The summed E-state index contributed by atoms with van der Waals surface area (Å²) in [6, 6.07) is 8.03. The molecule has 4 rings (SSSR count). The Balaban J connectivity index is 1.84. The summed E-state index contributed by atoms with van der Waals surface area (Å²) in [7, 11) is -2.62. The van der Waals surface area contributed by atoms with Crippen molar-refractivity contribution in [3.05, 3.63) is 46.5 Å². The lowest BCUT2D eigenvalue weighted by molar-refractivity contribution is 0.0763. The largest absolute Gasteiger partial charge is 0.506 e. The summed E-state index contributed by atoms with van der Waals surface area (Å²) in [6.45, 7) is 8.72. The first-order valence-corrected chi connectivity index (χ1v) is 13.6. The van der Waals surface area contributed by atoms with E-state index in [0.29, 0.717) is 23.3 Å². The predicted octanol–water partition coefficient (Wildman–Crippen LogP) is 5.93. The number of rotatable bonds is 5. The lowest BCUT2D eigenvalue weighted by atomic mass is 9.83. The van der Waals surface area contributed by atoms with Crippen molar-refractivity contribution in [2.24, 2.45) is 0 Å². The number of hydrogen-bond acceptors (Lipinski definition) is 5. The quantitative estimate of drug-likeness (QED) is 0.468. The van der Waals surface area contributed by atoms with Gasteiger partial charge in [-0.1, -0.05) is 43.5 Å². The van der Waals surface area contributed by atoms with E-state index in [0.717, 1.165) is 41.5 Å². The number of aryl methyl sites for hydroxylation is 2. The zero-order chi connectivity index (χ0) is 24.0. The maximum absolute atomic E-state index is 13.6. The summed E-state index contributed by atoms with van der Waals surface area (Å²) >= 11 is 0. The van der Waals surface area contributed by atoms with Crippen molar-refractivity contribution in [1.29, 1.82) is 0 Å². The molecule has 2 aromatic carbocycles. The lowest BCUT2D eigenvalue weighted by Crippen LogP contribution is -2.42. The Morgan fingerprint density at radius 1 is 1.15 bits per heavy atom. The van der Waals surface area contributed by atoms with E-state index < -0.39 is 16.2 Å². The molecule has 0 atom stereocenters. The highest BCUT2D eigenvalue weighted by molar-refractivity contribution is 8.24. The summed E-state index contributed by atoms with van der Waals surface area (Å²) < 4.78 is 26.3. The van der Waals surface area contributed by atoms with Gasteiger partial charge >= 0.3 is 0 Å². The molecule has 0 saturated carbocycles. The molecular weight excluding hydrogens is 438 g/mol. The van der Waals surface area contributed by atoms with E-state index in [1.807, 2.05) is 45.0 Å². The highest BCUT2D eigenvalue weighted by atomic mass is 32.3. The minimum absolute atomic E-state index is 0.0384. The van der Waals surface area contributed by atoms with Crippen molar-refractivity contribution in [3.63, 3.8) is 0 Å². The SMILES string of the molecule is CCCCCc1cc2c(c(O)c1C(=O)N1CCS(O)(O)CC1)-c1cc(C)ccc1C(C)(C)O2. The molecule has 0 radical (unpaired) electrons. The molecule has 0 aliphatic carbocycles. The second-order valence-electron chi connectivity index (χ2n) is 9.75. The van der Waals surface area contributed by atoms with Gasteiger partial charge in [0.2, 0.25) is 0 Å². The summed E-state index contributed by atoms with van der Waals surface area (Å²) in [4.78, 5) is 15.3. The van der Waals surface area contributed by atoms with Crippen molar-refractivity contribution < 1.29 is 23.7 Å². The van der Waals surface area contributed by atoms with E-state index in [4.69, 9.17) is 4.74 Å². The topological polar surface area (TPSA) is 90.2 Å². The molecule has 2 aliphatic heterocycles. The van der Waals surface area contributed by atoms with Gasteiger partial charge in [0.1, 0.15) is 17.1 Å². The summed E-state index contributed by atoms with van der Waals surface area (Å²) in [5.74, 6) is 0.662. The fourth-order valence-corrected chi connectivity index (χ4v) is 6.08. The lowest BCUT2D eigenvalue weighted by Gasteiger charge is -2.41. The van der Waals surface area contributed by atoms with Crippen molar-refractivity contribution in [2.45, 2.75) is 59.0 Å². The minimum Gasteiger partial charge on any atom is -0.506 e. The maximum atomic E-state index is 13.6. The number of aromatic hydroxyl groups is 1. The van der Waals surface area contributed by atoms with Gasteiger partial charge in [0.25, 0.3) is 5.91 Å². The molecule has 7 heteroatoms. The molecule has 180 valence electrons. The third-order valence-electron chi connectivity index (χ3n) is 6.73. The number of carbonyl (C=O) groups is 1. The average molecular weight is 474 g/mol. The number of fused-ring (bicyclic) bond motifs is 3. The van der Waals surface area contributed by atoms with Crippen LogP contribution in [-0.4, -0.2) is 49.6 Å². The number of phenolic OH excluding ortho intramolecular Hbond substituents is 1. The summed E-state index contributed by atoms with van der Waals surface area (Å²) in [6.07, 6.45) is 3.67. The Morgan fingerprint density at radius 2 is 1.85 bits per heavy atom. The number of phenols is 1. The highest BCUT2D eigenvalue weighted by Crippen LogP contribution is 2.52. The van der Waals surface area contributed by atoms with Crippen LogP contribution < -0.4 is 4.74 Å². The van der Waals surface area contributed by atoms with Gasteiger partial charge in [0.05, 0.1) is 22.6 Å². The Labute approximate surface area is 197 Å². The summed E-state index contributed by atoms with van der Waals surface area (Å²) in [5, 5.41) is 11.6. The van der Waals surface area contributed by atoms with E-state index in [1.165, 1.54) is 0 Å². The summed E-state index contributed by atoms with van der Waals surface area (Å²) in [5.41, 5.74) is 4.04. The first-order valence-electron chi connectivity index (χ1n) is 11.8. The van der Waals surface area contributed by atoms with Crippen molar-refractivity contribution >= 4 is 16.5 Å². The number of nitrogens with zero attached hydrogens (tertiary/aromatic N) is 1. The second kappa shape index (κ2) is 8.85. The minimum atomic E-state index is -2.62. The predicted molar refractivity (Wildman–Crippen MR) is 134 cm³/mol. The Bertz CT molecular complexity index is 1070. The number of hydrogen-bond donors (Lipinski definition) is 3. The molecule has 6 nitrogen and oxygen atoms in total. The normalized spacial score (nSPS) is 19.3. The number of benzene rings is 2. The van der Waals surface area contributed by atoms with Crippen molar-refractivity contribution in [2.75, 3.05) is 24.6 Å². The third-order valence-corrected chi connectivity index (χ3v) is 8.40. The van der Waals surface area contributed by atoms with E-state index in [1.54, 1.807) is 4.90 Å². The van der Waals surface area contributed by atoms with Crippen LogP contribution in [0.15, 0.2) is 24.3 Å². The number of amides is 1. The van der Waals surface area contributed by atoms with E-state index in [9.17, 15) is 19.0 Å². The molecule has 0 unspecified atom stereocenters. The van der Waals surface area contributed by atoms with Crippen LogP contribution in [-0.2, 0) is 12.0 Å². The van der Waals surface area contributed by atoms with E-state index in [2.05, 4.69) is 6.92 Å². The average Bonchev–Trinajstić information content (AvgIpc) is 2.72. The van der Waals surface area contributed by atoms with Crippen LogP contribution in [0.4, 0.5) is 0 Å². The van der Waals surface area contributed by atoms with Crippen LogP contribution in [0.2, 0.25) is 0 Å². The fourth-order valence-electron chi connectivity index (χ4n) is 4.85. The fraction of sp³-hybridized carbons (Fsp3) is 0.500. The van der Waals surface area contributed by atoms with Gasteiger partial charge in [-0.15, -0.1) is 0 Å². The van der Waals surface area contributed by atoms with Crippen molar-refractivity contribution in [3.8, 4) is 22.6 Å². The van der Waals surface area contributed by atoms with Crippen LogP contribution in [0.1, 0.15) is 67.1 Å². The van der Waals surface area contributed by atoms with Crippen molar-refractivity contribution in [1.82, 2.24) is 4.90 Å². The Kier molecular flexibility index (Phi) is 6.42. The van der Waals surface area contributed by atoms with Crippen LogP contribution in [0, 0.1) is 6.92 Å². The Hall–Kier alpha value is -2.22. The maximum Gasteiger partial charge on any atom is 0.258 e. The standard InChI is InChI=1S/C26H35NO5S/c1-5-6-7-8-18-16-21-23(19-15-17(2)9-10-20(19)26(3,4)32-21)24(28)22(18)25(29)27-11-13-33(30,31)14-12-27/h9-10,15-16,28,30-31H,5-8,11-14H2,1-4H3. The zero-order valence-electron chi connectivity index (χ0n) is 20.0. The molecule has 1 saturated heterocycles. The highest BCUT2D eigenvalue weighted by Gasteiger charge is 2.37. The smallest absolute Gasteiger partial charge is 0.258 e. The molecule has 1 amide bonds. The molecule has 2 heterocycles.